The molecule has 3 N–H and O–H groups in total. The van der Waals surface area contributed by atoms with Gasteiger partial charge >= 0.3 is 0 Å². The standard InChI is InChI=1S/C14H17FN4OS/c1-8(2)21(20)11-6-4-5-10(15)12(11)18-13-9(3)7-17-14(16)19-13/h4-8H,1-3H3,(H3,16,17,18,19). The van der Waals surface area contributed by atoms with Crippen molar-refractivity contribution in [3.8, 4) is 0 Å². The highest BCUT2D eigenvalue weighted by Gasteiger charge is 2.17. The molecule has 1 unspecified atom stereocenters. The lowest BCUT2D eigenvalue weighted by atomic mass is 10.3. The van der Waals surface area contributed by atoms with Crippen LogP contribution in [0.25, 0.3) is 0 Å². The van der Waals surface area contributed by atoms with E-state index >= 15 is 0 Å². The molecule has 0 spiro atoms. The van der Waals surface area contributed by atoms with Crippen LogP contribution in [-0.4, -0.2) is 19.4 Å². The SMILES string of the molecule is Cc1cnc(N)nc1Nc1c(F)cccc1S(=O)C(C)C. The Morgan fingerprint density at radius 1 is 1.38 bits per heavy atom. The first kappa shape index (κ1) is 15.4. The lowest BCUT2D eigenvalue weighted by Crippen LogP contribution is -2.10. The normalized spacial score (nSPS) is 12.4. The summed E-state index contributed by atoms with van der Waals surface area (Å²) in [7, 11) is -1.32. The molecule has 1 aromatic heterocycles. The van der Waals surface area contributed by atoms with Gasteiger partial charge in [-0.05, 0) is 19.1 Å². The fourth-order valence-electron chi connectivity index (χ4n) is 1.75. The van der Waals surface area contributed by atoms with Gasteiger partial charge in [-0.1, -0.05) is 19.9 Å². The Bertz CT molecular complexity index is 691. The Morgan fingerprint density at radius 2 is 2.10 bits per heavy atom. The zero-order valence-electron chi connectivity index (χ0n) is 12.1. The summed E-state index contributed by atoms with van der Waals surface area (Å²) >= 11 is 0. The zero-order valence-corrected chi connectivity index (χ0v) is 12.9. The van der Waals surface area contributed by atoms with Crippen LogP contribution in [0, 0.1) is 12.7 Å². The van der Waals surface area contributed by atoms with Gasteiger partial charge in [-0.3, -0.25) is 4.21 Å². The number of benzene rings is 1. The van der Waals surface area contributed by atoms with Crippen molar-refractivity contribution in [2.45, 2.75) is 30.9 Å². The van der Waals surface area contributed by atoms with Crippen LogP contribution < -0.4 is 11.1 Å². The summed E-state index contributed by atoms with van der Waals surface area (Å²) in [4.78, 5) is 8.31. The van der Waals surface area contributed by atoms with E-state index in [4.69, 9.17) is 5.73 Å². The number of aromatic nitrogens is 2. The highest BCUT2D eigenvalue weighted by molar-refractivity contribution is 7.85. The van der Waals surface area contributed by atoms with Gasteiger partial charge in [0.05, 0.1) is 21.4 Å². The fourth-order valence-corrected chi connectivity index (χ4v) is 2.82. The number of nitrogen functional groups attached to an aromatic ring is 1. The molecule has 2 aromatic rings. The van der Waals surface area contributed by atoms with Gasteiger partial charge in [0.1, 0.15) is 11.6 Å². The number of rotatable bonds is 4. The molecule has 0 aliphatic rings. The molecule has 1 heterocycles. The molecule has 5 nitrogen and oxygen atoms in total. The van der Waals surface area contributed by atoms with Gasteiger partial charge in [-0.2, -0.15) is 4.98 Å². The number of halogens is 1. The Labute approximate surface area is 125 Å². The Morgan fingerprint density at radius 3 is 2.76 bits per heavy atom. The van der Waals surface area contributed by atoms with Gasteiger partial charge < -0.3 is 11.1 Å². The van der Waals surface area contributed by atoms with Crippen molar-refractivity contribution in [3.05, 3.63) is 35.8 Å². The average Bonchev–Trinajstić information content (AvgIpc) is 2.44. The van der Waals surface area contributed by atoms with Crippen LogP contribution in [0.15, 0.2) is 29.3 Å². The van der Waals surface area contributed by atoms with Crippen molar-refractivity contribution in [1.29, 1.82) is 0 Å². The Hall–Kier alpha value is -2.02. The van der Waals surface area contributed by atoms with E-state index in [0.29, 0.717) is 16.3 Å². The molecule has 2 rings (SSSR count). The second kappa shape index (κ2) is 6.17. The van der Waals surface area contributed by atoms with E-state index in [-0.39, 0.29) is 16.9 Å². The summed E-state index contributed by atoms with van der Waals surface area (Å²) in [5.74, 6) is -0.00124. The van der Waals surface area contributed by atoms with E-state index in [0.717, 1.165) is 0 Å². The molecule has 0 amide bonds. The van der Waals surface area contributed by atoms with Gasteiger partial charge in [0.25, 0.3) is 0 Å². The van der Waals surface area contributed by atoms with Crippen LogP contribution in [0.4, 0.5) is 21.8 Å². The van der Waals surface area contributed by atoms with E-state index in [9.17, 15) is 8.60 Å². The first-order valence-electron chi connectivity index (χ1n) is 6.45. The van der Waals surface area contributed by atoms with E-state index in [2.05, 4.69) is 15.3 Å². The minimum atomic E-state index is -1.32. The van der Waals surface area contributed by atoms with Crippen molar-refractivity contribution in [1.82, 2.24) is 9.97 Å². The Balaban J connectivity index is 2.48. The smallest absolute Gasteiger partial charge is 0.221 e. The topological polar surface area (TPSA) is 80.9 Å². The van der Waals surface area contributed by atoms with Crippen LogP contribution in [0.3, 0.4) is 0 Å². The first-order chi connectivity index (χ1) is 9.90. The van der Waals surface area contributed by atoms with Gasteiger partial charge in [-0.25, -0.2) is 9.37 Å². The molecule has 1 atom stereocenters. The lowest BCUT2D eigenvalue weighted by molar-refractivity contribution is 0.626. The van der Waals surface area contributed by atoms with Crippen molar-refractivity contribution < 1.29 is 8.60 Å². The highest BCUT2D eigenvalue weighted by atomic mass is 32.2. The molecule has 7 heteroatoms. The van der Waals surface area contributed by atoms with Crippen LogP contribution >= 0.6 is 0 Å². The minimum Gasteiger partial charge on any atom is -0.368 e. The largest absolute Gasteiger partial charge is 0.368 e. The van der Waals surface area contributed by atoms with Crippen molar-refractivity contribution in [3.63, 3.8) is 0 Å². The van der Waals surface area contributed by atoms with Crippen molar-refractivity contribution >= 4 is 28.3 Å². The summed E-state index contributed by atoms with van der Waals surface area (Å²) in [6, 6.07) is 4.49. The predicted molar refractivity (Wildman–Crippen MR) is 82.4 cm³/mol. The van der Waals surface area contributed by atoms with Crippen LogP contribution in [0.5, 0.6) is 0 Å². The number of para-hydroxylation sites is 1. The zero-order chi connectivity index (χ0) is 15.6. The number of nitrogens with two attached hydrogens (primary N) is 1. The molecule has 0 fully saturated rings. The molecule has 0 saturated carbocycles. The van der Waals surface area contributed by atoms with Crippen molar-refractivity contribution in [2.75, 3.05) is 11.1 Å². The molecular formula is C14H17FN4OS. The number of aryl methyl sites for hydroxylation is 1. The summed E-state index contributed by atoms with van der Waals surface area (Å²) < 4.78 is 26.4. The van der Waals surface area contributed by atoms with Crippen LogP contribution in [0.2, 0.25) is 0 Å². The molecular weight excluding hydrogens is 291 g/mol. The van der Waals surface area contributed by atoms with Gasteiger partial charge in [0.15, 0.2) is 0 Å². The van der Waals surface area contributed by atoms with E-state index in [1.165, 1.54) is 12.1 Å². The van der Waals surface area contributed by atoms with E-state index in [1.54, 1.807) is 19.2 Å². The maximum Gasteiger partial charge on any atom is 0.221 e. The molecule has 21 heavy (non-hydrogen) atoms. The summed E-state index contributed by atoms with van der Waals surface area (Å²) in [6.45, 7) is 5.42. The third-order valence-corrected chi connectivity index (χ3v) is 4.48. The molecule has 0 saturated heterocycles. The summed E-state index contributed by atoms with van der Waals surface area (Å²) in [6.07, 6.45) is 1.55. The number of anilines is 3. The third kappa shape index (κ3) is 3.36. The first-order valence-corrected chi connectivity index (χ1v) is 7.66. The van der Waals surface area contributed by atoms with Crippen LogP contribution in [-0.2, 0) is 10.8 Å². The number of hydrogen-bond donors (Lipinski definition) is 2. The number of nitrogens with zero attached hydrogens (tertiary/aromatic N) is 2. The summed E-state index contributed by atoms with van der Waals surface area (Å²) in [5.41, 5.74) is 6.42. The number of nitrogens with one attached hydrogen (secondary N) is 1. The monoisotopic (exact) mass is 308 g/mol. The average molecular weight is 308 g/mol. The van der Waals surface area contributed by atoms with Crippen molar-refractivity contribution in [2.24, 2.45) is 0 Å². The van der Waals surface area contributed by atoms with E-state index in [1.807, 2.05) is 13.8 Å². The van der Waals surface area contributed by atoms with E-state index < -0.39 is 16.6 Å². The Kier molecular flexibility index (Phi) is 4.52. The minimum absolute atomic E-state index is 0.0889. The highest BCUT2D eigenvalue weighted by Crippen LogP contribution is 2.28. The van der Waals surface area contributed by atoms with Gasteiger partial charge in [0.2, 0.25) is 5.95 Å². The lowest BCUT2D eigenvalue weighted by Gasteiger charge is -2.15. The summed E-state index contributed by atoms with van der Waals surface area (Å²) in [5, 5.41) is 2.77. The molecule has 0 radical (unpaired) electrons. The maximum absolute atomic E-state index is 14.1. The van der Waals surface area contributed by atoms with Gasteiger partial charge in [0, 0.05) is 17.0 Å². The van der Waals surface area contributed by atoms with Crippen LogP contribution in [0.1, 0.15) is 19.4 Å². The second-order valence-corrected chi connectivity index (χ2v) is 6.82. The molecule has 112 valence electrons. The molecule has 0 aliphatic carbocycles. The second-order valence-electron chi connectivity index (χ2n) is 4.84. The molecule has 0 aliphatic heterocycles. The predicted octanol–water partition coefficient (Wildman–Crippen LogP) is 2.77. The fraction of sp³-hybridized carbons (Fsp3) is 0.286. The molecule has 0 bridgehead atoms. The maximum atomic E-state index is 14.1. The number of hydrogen-bond acceptors (Lipinski definition) is 5. The van der Waals surface area contributed by atoms with Gasteiger partial charge in [-0.15, -0.1) is 0 Å². The molecule has 1 aromatic carbocycles. The quantitative estimate of drug-likeness (QED) is 0.907. The third-order valence-electron chi connectivity index (χ3n) is 2.85.